The van der Waals surface area contributed by atoms with Crippen LogP contribution in [-0.2, 0) is 29.0 Å². The number of benzene rings is 3. The van der Waals surface area contributed by atoms with Gasteiger partial charge in [-0.3, -0.25) is 9.59 Å². The highest BCUT2D eigenvalue weighted by molar-refractivity contribution is 5.88. The van der Waals surface area contributed by atoms with Gasteiger partial charge >= 0.3 is 0 Å². The van der Waals surface area contributed by atoms with E-state index in [0.29, 0.717) is 25.8 Å². The molecule has 1 N–H and O–H groups in total. The average Bonchev–Trinajstić information content (AvgIpc) is 2.80. The Kier molecular flexibility index (Phi) is 8.42. The molecular formula is C29H34N2O2. The van der Waals surface area contributed by atoms with E-state index in [1.165, 1.54) is 0 Å². The predicted molar refractivity (Wildman–Crippen MR) is 134 cm³/mol. The number of nitrogens with one attached hydrogen (secondary N) is 1. The van der Waals surface area contributed by atoms with Crippen molar-refractivity contribution in [3.63, 3.8) is 0 Å². The van der Waals surface area contributed by atoms with Crippen molar-refractivity contribution in [3.8, 4) is 0 Å². The summed E-state index contributed by atoms with van der Waals surface area (Å²) in [4.78, 5) is 28.8. The third kappa shape index (κ3) is 7.90. The molecule has 3 rings (SSSR count). The number of carbonyl (C=O) groups is 2. The number of carbonyl (C=O) groups excluding carboxylic acids is 2. The van der Waals surface area contributed by atoms with E-state index in [2.05, 4.69) is 5.32 Å². The van der Waals surface area contributed by atoms with Crippen LogP contribution < -0.4 is 5.32 Å². The molecule has 0 heterocycles. The van der Waals surface area contributed by atoms with E-state index >= 15 is 0 Å². The molecular weight excluding hydrogens is 408 g/mol. The zero-order valence-corrected chi connectivity index (χ0v) is 19.8. The second-order valence-electron chi connectivity index (χ2n) is 9.44. The van der Waals surface area contributed by atoms with Crippen LogP contribution in [0.2, 0.25) is 0 Å². The summed E-state index contributed by atoms with van der Waals surface area (Å²) >= 11 is 0. The molecule has 0 bridgehead atoms. The lowest BCUT2D eigenvalue weighted by Gasteiger charge is -2.34. The van der Waals surface area contributed by atoms with Crippen molar-refractivity contribution in [2.24, 2.45) is 0 Å². The molecule has 172 valence electrons. The smallest absolute Gasteiger partial charge is 0.243 e. The average molecular weight is 443 g/mol. The molecule has 0 saturated heterocycles. The molecule has 0 aliphatic heterocycles. The monoisotopic (exact) mass is 442 g/mol. The third-order valence-corrected chi connectivity index (χ3v) is 5.44. The SMILES string of the molecule is CC(C)(C)NC(=O)C(Cc1ccccc1)N(Cc1ccccc1)C(=O)CCc1ccccc1. The van der Waals surface area contributed by atoms with Crippen molar-refractivity contribution in [1.29, 1.82) is 0 Å². The van der Waals surface area contributed by atoms with Gasteiger partial charge in [0.05, 0.1) is 0 Å². The highest BCUT2D eigenvalue weighted by Gasteiger charge is 2.32. The fourth-order valence-electron chi connectivity index (χ4n) is 3.83. The minimum Gasteiger partial charge on any atom is -0.350 e. The third-order valence-electron chi connectivity index (χ3n) is 5.44. The molecule has 0 aromatic heterocycles. The molecule has 3 aromatic rings. The van der Waals surface area contributed by atoms with Gasteiger partial charge in [0.2, 0.25) is 11.8 Å². The summed E-state index contributed by atoms with van der Waals surface area (Å²) < 4.78 is 0. The maximum absolute atomic E-state index is 13.6. The van der Waals surface area contributed by atoms with E-state index in [9.17, 15) is 9.59 Å². The van der Waals surface area contributed by atoms with Gasteiger partial charge in [-0.25, -0.2) is 0 Å². The summed E-state index contributed by atoms with van der Waals surface area (Å²) in [6, 6.07) is 29.2. The Balaban J connectivity index is 1.90. The largest absolute Gasteiger partial charge is 0.350 e. The summed E-state index contributed by atoms with van der Waals surface area (Å²) in [7, 11) is 0. The highest BCUT2D eigenvalue weighted by atomic mass is 16.2. The fourth-order valence-corrected chi connectivity index (χ4v) is 3.83. The Labute approximate surface area is 197 Å². The van der Waals surface area contributed by atoms with Crippen LogP contribution in [0.25, 0.3) is 0 Å². The standard InChI is InChI=1S/C29H34N2O2/c1-29(2,3)30-28(33)26(21-24-15-9-5-10-16-24)31(22-25-17-11-6-12-18-25)27(32)20-19-23-13-7-4-8-14-23/h4-18,26H,19-22H2,1-3H3,(H,30,33). The number of hydrogen-bond donors (Lipinski definition) is 1. The van der Waals surface area contributed by atoms with Gasteiger partial charge in [-0.1, -0.05) is 91.0 Å². The maximum atomic E-state index is 13.6. The molecule has 1 atom stereocenters. The number of amides is 2. The van der Waals surface area contributed by atoms with E-state index in [4.69, 9.17) is 0 Å². The van der Waals surface area contributed by atoms with Crippen molar-refractivity contribution in [2.75, 3.05) is 0 Å². The quantitative estimate of drug-likeness (QED) is 0.497. The number of hydrogen-bond acceptors (Lipinski definition) is 2. The summed E-state index contributed by atoms with van der Waals surface area (Å²) in [5.74, 6) is -0.150. The van der Waals surface area contributed by atoms with Crippen LogP contribution in [0.4, 0.5) is 0 Å². The van der Waals surface area contributed by atoms with E-state index in [0.717, 1.165) is 16.7 Å². The number of aryl methyl sites for hydroxylation is 1. The summed E-state index contributed by atoms with van der Waals surface area (Å²) in [5.41, 5.74) is 2.76. The second-order valence-corrected chi connectivity index (χ2v) is 9.44. The van der Waals surface area contributed by atoms with Crippen molar-refractivity contribution < 1.29 is 9.59 Å². The first-order valence-corrected chi connectivity index (χ1v) is 11.5. The summed E-state index contributed by atoms with van der Waals surface area (Å²) in [5, 5.41) is 3.10. The first-order chi connectivity index (χ1) is 15.8. The molecule has 0 fully saturated rings. The van der Waals surface area contributed by atoms with Gasteiger partial charge in [0.15, 0.2) is 0 Å². The molecule has 0 aliphatic rings. The van der Waals surface area contributed by atoms with Crippen LogP contribution in [0.15, 0.2) is 91.0 Å². The highest BCUT2D eigenvalue weighted by Crippen LogP contribution is 2.18. The normalized spacial score (nSPS) is 12.1. The Morgan fingerprint density at radius 2 is 1.24 bits per heavy atom. The van der Waals surface area contributed by atoms with Crippen molar-refractivity contribution in [3.05, 3.63) is 108 Å². The van der Waals surface area contributed by atoms with Gasteiger partial charge in [-0.15, -0.1) is 0 Å². The topological polar surface area (TPSA) is 49.4 Å². The van der Waals surface area contributed by atoms with Crippen LogP contribution >= 0.6 is 0 Å². The minimum absolute atomic E-state index is 0.0207. The van der Waals surface area contributed by atoms with Crippen LogP contribution in [0.1, 0.15) is 43.9 Å². The molecule has 1 unspecified atom stereocenters. The molecule has 0 saturated carbocycles. The summed E-state index contributed by atoms with van der Waals surface area (Å²) in [6.07, 6.45) is 1.46. The maximum Gasteiger partial charge on any atom is 0.243 e. The lowest BCUT2D eigenvalue weighted by atomic mass is 10.00. The Bertz CT molecular complexity index is 1010. The van der Waals surface area contributed by atoms with E-state index in [1.54, 1.807) is 4.90 Å². The predicted octanol–water partition coefficient (Wildman–Crippen LogP) is 5.17. The first-order valence-electron chi connectivity index (χ1n) is 11.5. The molecule has 0 radical (unpaired) electrons. The second kappa shape index (κ2) is 11.5. The van der Waals surface area contributed by atoms with Gasteiger partial charge in [0, 0.05) is 24.9 Å². The zero-order valence-electron chi connectivity index (χ0n) is 19.8. The van der Waals surface area contributed by atoms with Crippen molar-refractivity contribution in [1.82, 2.24) is 10.2 Å². The summed E-state index contributed by atoms with van der Waals surface area (Å²) in [6.45, 7) is 6.28. The first kappa shape index (κ1) is 24.2. The zero-order chi connectivity index (χ0) is 23.7. The van der Waals surface area contributed by atoms with Crippen molar-refractivity contribution in [2.45, 2.75) is 58.2 Å². The number of nitrogens with zero attached hydrogens (tertiary/aromatic N) is 1. The van der Waals surface area contributed by atoms with Crippen LogP contribution in [-0.4, -0.2) is 28.3 Å². The molecule has 4 heteroatoms. The Hall–Kier alpha value is -3.40. The Morgan fingerprint density at radius 3 is 1.76 bits per heavy atom. The van der Waals surface area contributed by atoms with E-state index in [-0.39, 0.29) is 11.8 Å². The molecule has 33 heavy (non-hydrogen) atoms. The minimum atomic E-state index is -0.602. The molecule has 0 aliphatic carbocycles. The van der Waals surface area contributed by atoms with Crippen molar-refractivity contribution >= 4 is 11.8 Å². The van der Waals surface area contributed by atoms with E-state index in [1.807, 2.05) is 112 Å². The van der Waals surface area contributed by atoms with Crippen LogP contribution in [0.5, 0.6) is 0 Å². The van der Waals surface area contributed by atoms with Crippen LogP contribution in [0, 0.1) is 0 Å². The molecule has 4 nitrogen and oxygen atoms in total. The molecule has 3 aromatic carbocycles. The van der Waals surface area contributed by atoms with Gasteiger partial charge in [0.25, 0.3) is 0 Å². The lowest BCUT2D eigenvalue weighted by Crippen LogP contribution is -2.54. The van der Waals surface area contributed by atoms with Gasteiger partial charge < -0.3 is 10.2 Å². The Morgan fingerprint density at radius 1 is 0.758 bits per heavy atom. The molecule has 2 amide bonds. The lowest BCUT2D eigenvalue weighted by molar-refractivity contribution is -0.141. The van der Waals surface area contributed by atoms with Gasteiger partial charge in [-0.05, 0) is 43.9 Å². The fraction of sp³-hybridized carbons (Fsp3) is 0.310. The molecule has 0 spiro atoms. The van der Waals surface area contributed by atoms with Crippen LogP contribution in [0.3, 0.4) is 0 Å². The van der Waals surface area contributed by atoms with Gasteiger partial charge in [0.1, 0.15) is 6.04 Å². The number of rotatable bonds is 9. The van der Waals surface area contributed by atoms with E-state index < -0.39 is 11.6 Å². The van der Waals surface area contributed by atoms with Gasteiger partial charge in [-0.2, -0.15) is 0 Å².